The van der Waals surface area contributed by atoms with Crippen LogP contribution in [-0.4, -0.2) is 38.5 Å². The minimum absolute atomic E-state index is 0.169. The molecular formula is C40H42Br2N2O4. The Hall–Kier alpha value is -3.46. The molecule has 8 heteroatoms. The Bertz CT molecular complexity index is 1680. The van der Waals surface area contributed by atoms with Crippen molar-refractivity contribution in [3.63, 3.8) is 0 Å². The number of amides is 1. The smallest absolute Gasteiger partial charge is 0.220 e. The third kappa shape index (κ3) is 7.88. The van der Waals surface area contributed by atoms with E-state index < -0.39 is 0 Å². The van der Waals surface area contributed by atoms with Crippen molar-refractivity contribution in [3.8, 4) is 44.9 Å². The molecule has 1 aliphatic heterocycles. The number of halogens is 2. The van der Waals surface area contributed by atoms with Gasteiger partial charge in [0.05, 0.1) is 14.2 Å². The molecule has 0 bridgehead atoms. The maximum Gasteiger partial charge on any atom is 0.220 e. The van der Waals surface area contributed by atoms with Gasteiger partial charge in [0.2, 0.25) is 5.91 Å². The summed E-state index contributed by atoms with van der Waals surface area (Å²) < 4.78 is 13.7. The first-order chi connectivity index (χ1) is 23.3. The lowest BCUT2D eigenvalue weighted by Gasteiger charge is -2.17. The minimum atomic E-state index is 0.169. The fraction of sp³-hybridized carbons (Fsp3) is 0.350. The van der Waals surface area contributed by atoms with Crippen LogP contribution < -0.4 is 20.1 Å². The van der Waals surface area contributed by atoms with Crippen molar-refractivity contribution >= 4 is 43.6 Å². The molecule has 1 amide bonds. The topological polar surface area (TPSA) is 76.7 Å². The number of rotatable bonds is 13. The van der Waals surface area contributed by atoms with E-state index in [-0.39, 0.29) is 5.91 Å². The summed E-state index contributed by atoms with van der Waals surface area (Å²) in [4.78, 5) is 23.2. The number of carbonyl (C=O) groups excluding carboxylic acids is 2. The zero-order valence-corrected chi connectivity index (χ0v) is 30.7. The Morgan fingerprint density at radius 1 is 0.771 bits per heavy atom. The van der Waals surface area contributed by atoms with Crippen LogP contribution in [0.15, 0.2) is 81.7 Å². The molecule has 48 heavy (non-hydrogen) atoms. The van der Waals surface area contributed by atoms with Gasteiger partial charge in [-0.2, -0.15) is 0 Å². The number of nitrogens with one attached hydrogen (secondary N) is 2. The first kappa shape index (κ1) is 34.4. The molecule has 6 nitrogen and oxygen atoms in total. The number of benzene rings is 4. The van der Waals surface area contributed by atoms with E-state index in [0.717, 1.165) is 98.0 Å². The molecule has 250 valence electrons. The predicted octanol–water partition coefficient (Wildman–Crippen LogP) is 9.29. The summed E-state index contributed by atoms with van der Waals surface area (Å²) in [5.41, 5.74) is 8.74. The number of methoxy groups -OCH3 is 2. The Labute approximate surface area is 300 Å². The van der Waals surface area contributed by atoms with Crippen molar-refractivity contribution in [3.05, 3.63) is 92.9 Å². The molecule has 2 atom stereocenters. The van der Waals surface area contributed by atoms with Crippen molar-refractivity contribution in [1.29, 1.82) is 0 Å². The van der Waals surface area contributed by atoms with Crippen LogP contribution >= 0.6 is 31.9 Å². The van der Waals surface area contributed by atoms with Crippen molar-refractivity contribution in [2.45, 2.75) is 64.0 Å². The van der Waals surface area contributed by atoms with Gasteiger partial charge in [-0.15, -0.1) is 0 Å². The van der Waals surface area contributed by atoms with Gasteiger partial charge >= 0.3 is 0 Å². The first-order valence-corrected chi connectivity index (χ1v) is 18.4. The maximum absolute atomic E-state index is 11.6. The molecule has 0 aromatic heterocycles. The lowest BCUT2D eigenvalue weighted by Crippen LogP contribution is -2.25. The lowest BCUT2D eigenvalue weighted by molar-refractivity contribution is -0.119. The molecule has 2 aliphatic rings. The molecule has 4 aromatic carbocycles. The SMILES string of the molecule is COc1cc(-c2cccc(-c3cccc(-c4ccc(CNC[C@@H]5CCC(=O)C5)c(OC)c4)c3Br)c2Br)ccc1CCC[C@@H]1CCC(=O)N1. The second-order valence-electron chi connectivity index (χ2n) is 12.9. The van der Waals surface area contributed by atoms with Crippen molar-refractivity contribution in [1.82, 2.24) is 10.6 Å². The second kappa shape index (κ2) is 15.8. The molecule has 1 heterocycles. The van der Waals surface area contributed by atoms with Gasteiger partial charge in [-0.25, -0.2) is 0 Å². The van der Waals surface area contributed by atoms with Crippen LogP contribution in [0.1, 0.15) is 56.1 Å². The third-order valence-corrected chi connectivity index (χ3v) is 11.4. The fourth-order valence-corrected chi connectivity index (χ4v) is 8.43. The summed E-state index contributed by atoms with van der Waals surface area (Å²) in [5, 5.41) is 6.60. The van der Waals surface area contributed by atoms with E-state index in [9.17, 15) is 9.59 Å². The van der Waals surface area contributed by atoms with Crippen LogP contribution in [0.3, 0.4) is 0 Å². The number of ether oxygens (including phenoxy) is 2. The van der Waals surface area contributed by atoms with Gasteiger partial charge in [-0.3, -0.25) is 9.59 Å². The largest absolute Gasteiger partial charge is 0.496 e. The number of aryl methyl sites for hydroxylation is 1. The molecule has 2 fully saturated rings. The van der Waals surface area contributed by atoms with E-state index in [1.54, 1.807) is 14.2 Å². The van der Waals surface area contributed by atoms with Crippen LogP contribution in [0.4, 0.5) is 0 Å². The lowest BCUT2D eigenvalue weighted by atomic mass is 9.94. The number of hydrogen-bond acceptors (Lipinski definition) is 5. The Balaban J connectivity index is 1.20. The average Bonchev–Trinajstić information content (AvgIpc) is 3.72. The van der Waals surface area contributed by atoms with Gasteiger partial charge in [0.1, 0.15) is 17.3 Å². The standard InChI is InChI=1S/C40H42Br2N2O4/c1-47-36-21-27(14-13-26(36)6-3-7-30-17-19-38(46)44-30)32-8-4-10-34(39(32)41)35-11-5-9-33(40(35)42)28-15-16-29(37(22-28)48-2)24-43-23-25-12-18-31(45)20-25/h4-5,8-11,13-16,21-22,25,30,43H,3,6-7,12,17-20,23-24H2,1-2H3,(H,44,46)/t25-,30-/m1/s1. The second-order valence-corrected chi connectivity index (χ2v) is 14.4. The Kier molecular flexibility index (Phi) is 11.3. The van der Waals surface area contributed by atoms with Crippen LogP contribution in [0.2, 0.25) is 0 Å². The number of ketones is 1. The molecule has 0 radical (unpaired) electrons. The third-order valence-electron chi connectivity index (χ3n) is 9.66. The van der Waals surface area contributed by atoms with Crippen molar-refractivity contribution in [2.24, 2.45) is 5.92 Å². The van der Waals surface area contributed by atoms with E-state index in [4.69, 9.17) is 9.47 Å². The van der Waals surface area contributed by atoms with Crippen molar-refractivity contribution < 1.29 is 19.1 Å². The summed E-state index contributed by atoms with van der Waals surface area (Å²) in [6, 6.07) is 25.8. The quantitative estimate of drug-likeness (QED) is 0.142. The molecule has 2 N–H and O–H groups in total. The first-order valence-electron chi connectivity index (χ1n) is 16.8. The highest BCUT2D eigenvalue weighted by Crippen LogP contribution is 2.44. The molecular weight excluding hydrogens is 732 g/mol. The van der Waals surface area contributed by atoms with Crippen LogP contribution in [0, 0.1) is 5.92 Å². The fourth-order valence-electron chi connectivity index (χ4n) is 7.01. The molecule has 1 saturated heterocycles. The van der Waals surface area contributed by atoms with Gasteiger partial charge in [-0.1, -0.05) is 60.7 Å². The molecule has 0 unspecified atom stereocenters. The van der Waals surface area contributed by atoms with Gasteiger partial charge in [-0.05, 0) is 128 Å². The summed E-state index contributed by atoms with van der Waals surface area (Å²) >= 11 is 7.92. The van der Waals surface area contributed by atoms with E-state index in [2.05, 4.69) is 115 Å². The van der Waals surface area contributed by atoms with Crippen LogP contribution in [0.25, 0.3) is 33.4 Å². The predicted molar refractivity (Wildman–Crippen MR) is 199 cm³/mol. The average molecular weight is 775 g/mol. The molecule has 0 spiro atoms. The van der Waals surface area contributed by atoms with Gasteiger partial charge < -0.3 is 20.1 Å². The zero-order valence-electron chi connectivity index (χ0n) is 27.5. The number of Topliss-reactive ketones (excluding diaryl/α,β-unsaturated/α-hetero) is 1. The summed E-state index contributed by atoms with van der Waals surface area (Å²) in [6.45, 7) is 1.54. The summed E-state index contributed by atoms with van der Waals surface area (Å²) in [6.07, 6.45) is 6.85. The maximum atomic E-state index is 11.6. The van der Waals surface area contributed by atoms with E-state index >= 15 is 0 Å². The highest BCUT2D eigenvalue weighted by atomic mass is 79.9. The van der Waals surface area contributed by atoms with E-state index in [0.29, 0.717) is 43.6 Å². The minimum Gasteiger partial charge on any atom is -0.496 e. The highest BCUT2D eigenvalue weighted by Gasteiger charge is 2.22. The summed E-state index contributed by atoms with van der Waals surface area (Å²) in [5.74, 6) is 2.70. The Morgan fingerprint density at radius 2 is 1.38 bits per heavy atom. The molecule has 1 saturated carbocycles. The summed E-state index contributed by atoms with van der Waals surface area (Å²) in [7, 11) is 3.44. The van der Waals surface area contributed by atoms with Gasteiger partial charge in [0.15, 0.2) is 0 Å². The molecule has 6 rings (SSSR count). The van der Waals surface area contributed by atoms with E-state index in [1.807, 2.05) is 0 Å². The zero-order chi connectivity index (χ0) is 33.6. The highest BCUT2D eigenvalue weighted by molar-refractivity contribution is 9.11. The van der Waals surface area contributed by atoms with Crippen LogP contribution in [-0.2, 0) is 22.6 Å². The van der Waals surface area contributed by atoms with Gasteiger partial charge in [0, 0.05) is 46.4 Å². The normalized spacial score (nSPS) is 17.5. The number of carbonyl (C=O) groups is 2. The van der Waals surface area contributed by atoms with Gasteiger partial charge in [0.25, 0.3) is 0 Å². The Morgan fingerprint density at radius 3 is 1.94 bits per heavy atom. The molecule has 1 aliphatic carbocycles. The monoisotopic (exact) mass is 772 g/mol. The molecule has 4 aromatic rings. The van der Waals surface area contributed by atoms with Crippen molar-refractivity contribution in [2.75, 3.05) is 20.8 Å². The number of hydrogen-bond donors (Lipinski definition) is 2. The van der Waals surface area contributed by atoms with Crippen LogP contribution in [0.5, 0.6) is 11.5 Å². The van der Waals surface area contributed by atoms with E-state index in [1.165, 1.54) is 5.56 Å².